The van der Waals surface area contributed by atoms with Crippen molar-refractivity contribution in [3.63, 3.8) is 0 Å². The Morgan fingerprint density at radius 2 is 1.67 bits per heavy atom. The monoisotopic (exact) mass is 359 g/mol. The number of carboxylic acids is 1. The summed E-state index contributed by atoms with van der Waals surface area (Å²) in [5.41, 5.74) is 1.30. The minimum atomic E-state index is -3.81. The van der Waals surface area contributed by atoms with E-state index in [0.717, 1.165) is 10.4 Å². The number of aromatic carboxylic acids is 1. The van der Waals surface area contributed by atoms with E-state index in [1.165, 1.54) is 35.6 Å². The van der Waals surface area contributed by atoms with Crippen molar-refractivity contribution >= 4 is 33.0 Å². The van der Waals surface area contributed by atoms with Gasteiger partial charge in [-0.2, -0.15) is 0 Å². The van der Waals surface area contributed by atoms with Crippen molar-refractivity contribution < 1.29 is 18.3 Å². The average molecular weight is 359 g/mol. The molecule has 0 aliphatic heterocycles. The number of nitrogens with one attached hydrogen (secondary N) is 1. The quantitative estimate of drug-likeness (QED) is 0.723. The SMILES string of the molecule is O=C(O)c1ccc(S(=O)(=O)Nc2ccccc2-c2cccs2)cc1. The first kappa shape index (κ1) is 16.2. The van der Waals surface area contributed by atoms with Gasteiger partial charge in [0, 0.05) is 10.4 Å². The first-order valence-corrected chi connectivity index (χ1v) is 9.33. The molecule has 2 N–H and O–H groups in total. The number of carbonyl (C=O) groups is 1. The first-order valence-electron chi connectivity index (χ1n) is 6.96. The summed E-state index contributed by atoms with van der Waals surface area (Å²) >= 11 is 1.52. The molecule has 24 heavy (non-hydrogen) atoms. The Hall–Kier alpha value is -2.64. The van der Waals surface area contributed by atoms with Crippen LogP contribution >= 0.6 is 11.3 Å². The van der Waals surface area contributed by atoms with Gasteiger partial charge >= 0.3 is 5.97 Å². The van der Waals surface area contributed by atoms with Gasteiger partial charge in [0.15, 0.2) is 0 Å². The van der Waals surface area contributed by atoms with E-state index in [4.69, 9.17) is 5.11 Å². The average Bonchev–Trinajstić information content (AvgIpc) is 3.09. The number of hydrogen-bond donors (Lipinski definition) is 2. The van der Waals surface area contributed by atoms with Crippen molar-refractivity contribution in [1.29, 1.82) is 0 Å². The van der Waals surface area contributed by atoms with E-state index < -0.39 is 16.0 Å². The lowest BCUT2D eigenvalue weighted by Gasteiger charge is -2.12. The van der Waals surface area contributed by atoms with Gasteiger partial charge in [-0.1, -0.05) is 24.3 Å². The summed E-state index contributed by atoms with van der Waals surface area (Å²) in [5.74, 6) is -1.10. The smallest absolute Gasteiger partial charge is 0.335 e. The van der Waals surface area contributed by atoms with Crippen LogP contribution in [0.4, 0.5) is 5.69 Å². The molecule has 0 atom stereocenters. The van der Waals surface area contributed by atoms with Crippen LogP contribution in [-0.4, -0.2) is 19.5 Å². The van der Waals surface area contributed by atoms with Crippen LogP contribution in [0.2, 0.25) is 0 Å². The number of hydrogen-bond acceptors (Lipinski definition) is 4. The summed E-state index contributed by atoms with van der Waals surface area (Å²) in [6.07, 6.45) is 0. The second kappa shape index (κ2) is 6.46. The summed E-state index contributed by atoms with van der Waals surface area (Å²) in [5, 5.41) is 10.8. The lowest BCUT2D eigenvalue weighted by Crippen LogP contribution is -2.13. The van der Waals surface area contributed by atoms with E-state index >= 15 is 0 Å². The van der Waals surface area contributed by atoms with E-state index in [2.05, 4.69) is 4.72 Å². The van der Waals surface area contributed by atoms with Gasteiger partial charge in [-0.15, -0.1) is 11.3 Å². The Balaban J connectivity index is 1.94. The summed E-state index contributed by atoms with van der Waals surface area (Å²) in [6, 6.07) is 16.0. The van der Waals surface area contributed by atoms with Gasteiger partial charge in [-0.05, 0) is 41.8 Å². The van der Waals surface area contributed by atoms with Gasteiger partial charge in [-0.25, -0.2) is 13.2 Å². The number of carboxylic acid groups (broad SMARTS) is 1. The lowest BCUT2D eigenvalue weighted by molar-refractivity contribution is 0.0696. The molecule has 0 unspecified atom stereocenters. The minimum Gasteiger partial charge on any atom is -0.478 e. The predicted octanol–water partition coefficient (Wildman–Crippen LogP) is 3.91. The number of thiophene rings is 1. The van der Waals surface area contributed by atoms with E-state index in [9.17, 15) is 13.2 Å². The molecule has 3 aromatic rings. The third-order valence-corrected chi connectivity index (χ3v) is 5.65. The number of sulfonamides is 1. The molecule has 122 valence electrons. The second-order valence-corrected chi connectivity index (χ2v) is 7.59. The maximum atomic E-state index is 12.5. The Kier molecular flexibility index (Phi) is 4.37. The number of anilines is 1. The van der Waals surface area contributed by atoms with Crippen molar-refractivity contribution in [1.82, 2.24) is 0 Å². The molecule has 0 radical (unpaired) electrons. The predicted molar refractivity (Wildman–Crippen MR) is 94.0 cm³/mol. The maximum absolute atomic E-state index is 12.5. The summed E-state index contributed by atoms with van der Waals surface area (Å²) in [6.45, 7) is 0. The second-order valence-electron chi connectivity index (χ2n) is 4.96. The topological polar surface area (TPSA) is 83.5 Å². The number of rotatable bonds is 5. The molecule has 3 rings (SSSR count). The van der Waals surface area contributed by atoms with Gasteiger partial charge in [0.25, 0.3) is 10.0 Å². The van der Waals surface area contributed by atoms with Crippen LogP contribution in [0.25, 0.3) is 10.4 Å². The van der Waals surface area contributed by atoms with E-state index in [1.807, 2.05) is 29.6 Å². The van der Waals surface area contributed by atoms with E-state index in [0.29, 0.717) is 5.69 Å². The zero-order chi connectivity index (χ0) is 17.2. The Bertz CT molecular complexity index is 962. The molecule has 0 saturated heterocycles. The molecule has 0 aliphatic rings. The Morgan fingerprint density at radius 1 is 0.958 bits per heavy atom. The van der Waals surface area contributed by atoms with E-state index in [1.54, 1.807) is 12.1 Å². The summed E-state index contributed by atoms with van der Waals surface area (Å²) < 4.78 is 27.7. The summed E-state index contributed by atoms with van der Waals surface area (Å²) in [7, 11) is -3.81. The van der Waals surface area contributed by atoms with Crippen molar-refractivity contribution in [2.24, 2.45) is 0 Å². The molecular weight excluding hydrogens is 346 g/mol. The van der Waals surface area contributed by atoms with Crippen molar-refractivity contribution in [3.8, 4) is 10.4 Å². The van der Waals surface area contributed by atoms with Crippen LogP contribution in [-0.2, 0) is 10.0 Å². The van der Waals surface area contributed by atoms with Crippen LogP contribution in [0.15, 0.2) is 70.9 Å². The van der Waals surface area contributed by atoms with Gasteiger partial charge < -0.3 is 5.11 Å². The molecule has 5 nitrogen and oxygen atoms in total. The lowest BCUT2D eigenvalue weighted by atomic mass is 10.1. The van der Waals surface area contributed by atoms with Gasteiger partial charge in [-0.3, -0.25) is 4.72 Å². The fourth-order valence-corrected chi connectivity index (χ4v) is 4.04. The standard InChI is InChI=1S/C17H13NO4S2/c19-17(20)12-7-9-13(10-8-12)24(21,22)18-15-5-2-1-4-14(15)16-6-3-11-23-16/h1-11,18H,(H,19,20). The van der Waals surface area contributed by atoms with Crippen LogP contribution in [0.5, 0.6) is 0 Å². The van der Waals surface area contributed by atoms with E-state index in [-0.39, 0.29) is 10.5 Å². The minimum absolute atomic E-state index is 0.00785. The summed E-state index contributed by atoms with van der Waals surface area (Å²) in [4.78, 5) is 11.8. The molecule has 1 heterocycles. The number of para-hydroxylation sites is 1. The normalized spacial score (nSPS) is 11.2. The Morgan fingerprint density at radius 3 is 2.29 bits per heavy atom. The highest BCUT2D eigenvalue weighted by Gasteiger charge is 2.17. The van der Waals surface area contributed by atoms with Gasteiger partial charge in [0.1, 0.15) is 0 Å². The molecule has 0 bridgehead atoms. The third kappa shape index (κ3) is 3.32. The molecule has 1 aromatic heterocycles. The maximum Gasteiger partial charge on any atom is 0.335 e. The highest BCUT2D eigenvalue weighted by Crippen LogP contribution is 2.32. The highest BCUT2D eigenvalue weighted by atomic mass is 32.2. The van der Waals surface area contributed by atoms with Crippen molar-refractivity contribution in [2.75, 3.05) is 4.72 Å². The first-order chi connectivity index (χ1) is 11.5. The fourth-order valence-electron chi connectivity index (χ4n) is 2.20. The van der Waals surface area contributed by atoms with Crippen LogP contribution < -0.4 is 4.72 Å². The molecule has 0 spiro atoms. The van der Waals surface area contributed by atoms with Gasteiger partial charge in [0.05, 0.1) is 16.1 Å². The zero-order valence-electron chi connectivity index (χ0n) is 12.3. The molecular formula is C17H13NO4S2. The molecule has 7 heteroatoms. The van der Waals surface area contributed by atoms with Crippen molar-refractivity contribution in [3.05, 3.63) is 71.6 Å². The molecule has 0 saturated carbocycles. The Labute approximate surface area is 143 Å². The van der Waals surface area contributed by atoms with Crippen LogP contribution in [0, 0.1) is 0 Å². The molecule has 0 amide bonds. The fraction of sp³-hybridized carbons (Fsp3) is 0. The van der Waals surface area contributed by atoms with Crippen molar-refractivity contribution in [2.45, 2.75) is 4.90 Å². The zero-order valence-corrected chi connectivity index (χ0v) is 14.0. The molecule has 0 fully saturated rings. The van der Waals surface area contributed by atoms with Crippen LogP contribution in [0.3, 0.4) is 0 Å². The number of benzene rings is 2. The highest BCUT2D eigenvalue weighted by molar-refractivity contribution is 7.92. The molecule has 2 aromatic carbocycles. The van der Waals surface area contributed by atoms with Crippen LogP contribution in [0.1, 0.15) is 10.4 Å². The largest absolute Gasteiger partial charge is 0.478 e. The van der Waals surface area contributed by atoms with Gasteiger partial charge in [0.2, 0.25) is 0 Å². The molecule has 0 aliphatic carbocycles. The third-order valence-electron chi connectivity index (χ3n) is 3.37.